The van der Waals surface area contributed by atoms with Gasteiger partial charge in [-0.3, -0.25) is 4.79 Å². The Hall–Kier alpha value is -4.19. The molecule has 0 saturated heterocycles. The highest BCUT2D eigenvalue weighted by molar-refractivity contribution is 6.19. The number of aromatic hydroxyl groups is 1. The van der Waals surface area contributed by atoms with Crippen molar-refractivity contribution in [1.82, 2.24) is 9.97 Å². The van der Waals surface area contributed by atoms with E-state index in [1.807, 2.05) is 61.5 Å². The lowest BCUT2D eigenvalue weighted by Gasteiger charge is -2.19. The number of aryl methyl sites for hydroxylation is 1. The number of hydrogen-bond donors (Lipinski definition) is 3. The molecule has 1 amide bonds. The number of phenolic OH excluding ortho intramolecular Hbond substituents is 1. The van der Waals surface area contributed by atoms with E-state index in [2.05, 4.69) is 4.98 Å². The third-order valence-electron chi connectivity index (χ3n) is 8.92. The standard InChI is InChI=1S/C39H44ClN3O7/c1-26-7-5-10-31-35(45)23-34-37(36(26)31)29(24-40)25-43(34)39(46)28-11-12-32-33(22-28)42-38(41-32)27-8-6-9-30(21-27)50-20-19-49-18-17-48-16-15-47-14-4-2-3-13-44/h5-12,21-23,29,44-45H,2-4,13-20,24-25H2,1H3,(H,41,42)/t29-/m1/s1. The zero-order valence-corrected chi connectivity index (χ0v) is 29.1. The highest BCUT2D eigenvalue weighted by Gasteiger charge is 2.35. The van der Waals surface area contributed by atoms with E-state index in [0.29, 0.717) is 81.5 Å². The Balaban J connectivity index is 1.03. The van der Waals surface area contributed by atoms with Crippen LogP contribution in [0.3, 0.4) is 0 Å². The van der Waals surface area contributed by atoms with Crippen molar-refractivity contribution in [3.05, 3.63) is 83.4 Å². The molecule has 1 atom stereocenters. The van der Waals surface area contributed by atoms with Gasteiger partial charge in [-0.05, 0) is 73.0 Å². The summed E-state index contributed by atoms with van der Waals surface area (Å²) in [6.45, 7) is 6.23. The summed E-state index contributed by atoms with van der Waals surface area (Å²) in [5.74, 6) is 1.66. The molecule has 2 heterocycles. The number of aromatic nitrogens is 2. The van der Waals surface area contributed by atoms with Crippen molar-refractivity contribution in [1.29, 1.82) is 0 Å². The molecule has 0 fully saturated rings. The van der Waals surface area contributed by atoms with Crippen LogP contribution < -0.4 is 9.64 Å². The second-order valence-corrected chi connectivity index (χ2v) is 12.7. The van der Waals surface area contributed by atoms with Crippen LogP contribution in [-0.2, 0) is 14.2 Å². The van der Waals surface area contributed by atoms with Gasteiger partial charge in [-0.15, -0.1) is 11.6 Å². The van der Waals surface area contributed by atoms with Crippen LogP contribution in [0.4, 0.5) is 5.69 Å². The first-order valence-corrected chi connectivity index (χ1v) is 17.7. The largest absolute Gasteiger partial charge is 0.507 e. The van der Waals surface area contributed by atoms with E-state index in [1.54, 1.807) is 17.0 Å². The molecule has 50 heavy (non-hydrogen) atoms. The van der Waals surface area contributed by atoms with E-state index in [9.17, 15) is 9.90 Å². The molecule has 1 aliphatic heterocycles. The summed E-state index contributed by atoms with van der Waals surface area (Å²) < 4.78 is 22.6. The SMILES string of the molecule is Cc1cccc2c(O)cc3c(c12)[C@H](CCl)CN3C(=O)c1ccc2nc(-c3cccc(OCCOCCOCCOCCCCCO)c3)[nH]c2c1. The van der Waals surface area contributed by atoms with Crippen molar-refractivity contribution in [2.24, 2.45) is 0 Å². The molecule has 10 nitrogen and oxygen atoms in total. The van der Waals surface area contributed by atoms with E-state index >= 15 is 0 Å². The van der Waals surface area contributed by atoms with Gasteiger partial charge >= 0.3 is 0 Å². The fourth-order valence-electron chi connectivity index (χ4n) is 6.44. The van der Waals surface area contributed by atoms with Gasteiger partial charge in [0.15, 0.2) is 0 Å². The van der Waals surface area contributed by atoms with Crippen LogP contribution in [0.5, 0.6) is 11.5 Å². The van der Waals surface area contributed by atoms with Crippen LogP contribution in [0.2, 0.25) is 0 Å². The quantitative estimate of drug-likeness (QED) is 0.0661. The average molecular weight is 702 g/mol. The minimum atomic E-state index is -0.163. The van der Waals surface area contributed by atoms with Crippen LogP contribution in [-0.4, -0.2) is 91.4 Å². The van der Waals surface area contributed by atoms with Crippen molar-refractivity contribution >= 4 is 45.0 Å². The first kappa shape index (κ1) is 35.6. The number of carbonyl (C=O) groups excluding carboxylic acids is 1. The normalized spacial score (nSPS) is 14.1. The zero-order chi connectivity index (χ0) is 34.9. The molecule has 6 rings (SSSR count). The van der Waals surface area contributed by atoms with E-state index in [-0.39, 0.29) is 24.2 Å². The van der Waals surface area contributed by atoms with Crippen molar-refractivity contribution in [3.63, 3.8) is 0 Å². The first-order chi connectivity index (χ1) is 24.5. The number of benzene rings is 4. The van der Waals surface area contributed by atoms with Crippen molar-refractivity contribution in [2.45, 2.75) is 32.1 Å². The first-order valence-electron chi connectivity index (χ1n) is 17.2. The van der Waals surface area contributed by atoms with Crippen LogP contribution in [0.1, 0.15) is 46.7 Å². The number of aliphatic hydroxyl groups excluding tert-OH is 1. The molecule has 3 N–H and O–H groups in total. The summed E-state index contributed by atoms with van der Waals surface area (Å²) in [5, 5.41) is 21.4. The fraction of sp³-hybridized carbons (Fsp3) is 0.385. The fourth-order valence-corrected chi connectivity index (χ4v) is 6.69. The Labute approximate surface area is 296 Å². The van der Waals surface area contributed by atoms with E-state index in [4.69, 9.17) is 40.6 Å². The van der Waals surface area contributed by atoms with Gasteiger partial charge in [-0.1, -0.05) is 30.3 Å². The number of rotatable bonds is 18. The van der Waals surface area contributed by atoms with Crippen LogP contribution in [0, 0.1) is 6.92 Å². The minimum Gasteiger partial charge on any atom is -0.507 e. The van der Waals surface area contributed by atoms with Gasteiger partial charge in [0.1, 0.15) is 23.9 Å². The number of nitrogens with one attached hydrogen (secondary N) is 1. The molecule has 0 radical (unpaired) electrons. The lowest BCUT2D eigenvalue weighted by Crippen LogP contribution is -2.30. The Bertz CT molecular complexity index is 1910. The molecule has 0 aliphatic carbocycles. The number of fused-ring (bicyclic) bond motifs is 4. The maximum Gasteiger partial charge on any atom is 0.258 e. The highest BCUT2D eigenvalue weighted by atomic mass is 35.5. The lowest BCUT2D eigenvalue weighted by atomic mass is 9.92. The smallest absolute Gasteiger partial charge is 0.258 e. The topological polar surface area (TPSA) is 126 Å². The minimum absolute atomic E-state index is 0.0491. The predicted octanol–water partition coefficient (Wildman–Crippen LogP) is 6.97. The number of ether oxygens (including phenoxy) is 4. The van der Waals surface area contributed by atoms with Crippen LogP contribution in [0.15, 0.2) is 66.7 Å². The number of hydrogen-bond acceptors (Lipinski definition) is 8. The highest BCUT2D eigenvalue weighted by Crippen LogP contribution is 2.46. The van der Waals surface area contributed by atoms with E-state index < -0.39 is 0 Å². The number of anilines is 1. The maximum absolute atomic E-state index is 14.0. The summed E-state index contributed by atoms with van der Waals surface area (Å²) >= 11 is 6.44. The Morgan fingerprint density at radius 2 is 1.68 bits per heavy atom. The van der Waals surface area contributed by atoms with E-state index in [1.165, 1.54) is 0 Å². The molecular formula is C39H44ClN3O7. The third-order valence-corrected chi connectivity index (χ3v) is 9.30. The molecule has 4 aromatic carbocycles. The van der Waals surface area contributed by atoms with Gasteiger partial charge in [0, 0.05) is 54.1 Å². The summed E-state index contributed by atoms with van der Waals surface area (Å²) in [4.78, 5) is 23.8. The molecule has 264 valence electrons. The van der Waals surface area contributed by atoms with Crippen LogP contribution >= 0.6 is 11.6 Å². The number of nitrogens with zero attached hydrogens (tertiary/aromatic N) is 2. The summed E-state index contributed by atoms with van der Waals surface area (Å²) in [6.07, 6.45) is 2.74. The number of halogens is 1. The number of unbranched alkanes of at least 4 members (excludes halogenated alkanes) is 2. The molecule has 0 spiro atoms. The van der Waals surface area contributed by atoms with Crippen molar-refractivity contribution in [2.75, 3.05) is 70.2 Å². The van der Waals surface area contributed by atoms with Gasteiger partial charge in [0.2, 0.25) is 0 Å². The zero-order valence-electron chi connectivity index (χ0n) is 28.3. The summed E-state index contributed by atoms with van der Waals surface area (Å²) in [7, 11) is 0. The predicted molar refractivity (Wildman–Crippen MR) is 196 cm³/mol. The molecule has 11 heteroatoms. The second-order valence-electron chi connectivity index (χ2n) is 12.4. The third kappa shape index (κ3) is 8.22. The number of carbonyl (C=O) groups is 1. The molecule has 0 saturated carbocycles. The Morgan fingerprint density at radius 1 is 0.920 bits per heavy atom. The summed E-state index contributed by atoms with van der Waals surface area (Å²) in [6, 6.07) is 20.7. The maximum atomic E-state index is 14.0. The lowest BCUT2D eigenvalue weighted by molar-refractivity contribution is 0.00871. The molecule has 1 aromatic heterocycles. The molecule has 0 unspecified atom stereocenters. The molecule has 5 aromatic rings. The summed E-state index contributed by atoms with van der Waals surface area (Å²) in [5.41, 5.74) is 5.59. The number of aliphatic hydroxyl groups is 1. The molecule has 1 aliphatic rings. The van der Waals surface area contributed by atoms with E-state index in [0.717, 1.165) is 57.8 Å². The number of phenols is 1. The van der Waals surface area contributed by atoms with Crippen LogP contribution in [0.25, 0.3) is 33.2 Å². The average Bonchev–Trinajstić information content (AvgIpc) is 3.73. The van der Waals surface area contributed by atoms with Gasteiger partial charge in [0.25, 0.3) is 5.91 Å². The number of aromatic amines is 1. The molecular weight excluding hydrogens is 658 g/mol. The number of imidazole rings is 1. The Kier molecular flexibility index (Phi) is 12.2. The Morgan fingerprint density at radius 3 is 2.46 bits per heavy atom. The number of H-pyrrole nitrogens is 1. The van der Waals surface area contributed by atoms with Gasteiger partial charge in [-0.25, -0.2) is 4.98 Å². The van der Waals surface area contributed by atoms with Crippen molar-refractivity contribution < 1.29 is 34.0 Å². The van der Waals surface area contributed by atoms with Gasteiger partial charge in [-0.2, -0.15) is 0 Å². The molecule has 0 bridgehead atoms. The van der Waals surface area contributed by atoms with Gasteiger partial charge in [0.05, 0.1) is 49.8 Å². The van der Waals surface area contributed by atoms with Gasteiger partial charge < -0.3 is 39.0 Å². The van der Waals surface area contributed by atoms with Crippen molar-refractivity contribution in [3.8, 4) is 22.9 Å². The number of alkyl halides is 1. The monoisotopic (exact) mass is 701 g/mol. The number of amides is 1. The second kappa shape index (κ2) is 17.2.